The van der Waals surface area contributed by atoms with Crippen molar-refractivity contribution in [3.8, 4) is 11.5 Å². The lowest BCUT2D eigenvalue weighted by Gasteiger charge is -2.04. The van der Waals surface area contributed by atoms with Gasteiger partial charge in [-0.2, -0.15) is 0 Å². The second kappa shape index (κ2) is 8.57. The molecule has 7 heteroatoms. The standard InChI is InChI=1S/C19H17N3O4/c23-16(13-25-17(24)12-11-14-7-3-1-4-8-14)20-19-22-21-18(26-19)15-9-5-2-6-10-15/h1-10H,11-13H2,(H,20,22,23). The lowest BCUT2D eigenvalue weighted by Crippen LogP contribution is -2.21. The minimum atomic E-state index is -0.540. The number of aryl methyl sites for hydroxylation is 1. The van der Waals surface area contributed by atoms with E-state index in [2.05, 4.69) is 15.5 Å². The van der Waals surface area contributed by atoms with Gasteiger partial charge in [-0.15, -0.1) is 5.10 Å². The lowest BCUT2D eigenvalue weighted by molar-refractivity contribution is -0.147. The number of hydrogen-bond acceptors (Lipinski definition) is 6. The van der Waals surface area contributed by atoms with Crippen LogP contribution in [0.1, 0.15) is 12.0 Å². The third-order valence-corrected chi connectivity index (χ3v) is 3.52. The van der Waals surface area contributed by atoms with Crippen molar-refractivity contribution < 1.29 is 18.7 Å². The molecule has 1 heterocycles. The number of carbonyl (C=O) groups excluding carboxylic acids is 2. The Morgan fingerprint density at radius 2 is 1.65 bits per heavy atom. The highest BCUT2D eigenvalue weighted by Crippen LogP contribution is 2.18. The molecule has 0 atom stereocenters. The van der Waals surface area contributed by atoms with Gasteiger partial charge in [0.15, 0.2) is 6.61 Å². The van der Waals surface area contributed by atoms with E-state index in [1.54, 1.807) is 0 Å². The molecular formula is C19H17N3O4. The summed E-state index contributed by atoms with van der Waals surface area (Å²) < 4.78 is 10.3. The Labute approximate surface area is 150 Å². The van der Waals surface area contributed by atoms with Gasteiger partial charge in [0, 0.05) is 12.0 Å². The maximum absolute atomic E-state index is 11.8. The molecule has 3 aromatic rings. The number of nitrogens with zero attached hydrogens (tertiary/aromatic N) is 2. The zero-order valence-corrected chi connectivity index (χ0v) is 13.9. The average Bonchev–Trinajstić information content (AvgIpc) is 3.15. The Kier molecular flexibility index (Phi) is 5.72. The molecule has 1 amide bonds. The van der Waals surface area contributed by atoms with Crippen LogP contribution in [0.15, 0.2) is 65.1 Å². The number of aromatic nitrogens is 2. The summed E-state index contributed by atoms with van der Waals surface area (Å²) in [5.41, 5.74) is 1.78. The second-order valence-electron chi connectivity index (χ2n) is 5.47. The molecule has 0 saturated heterocycles. The fraction of sp³-hybridized carbons (Fsp3) is 0.158. The molecule has 0 fully saturated rings. The number of hydrogen-bond donors (Lipinski definition) is 1. The van der Waals surface area contributed by atoms with Gasteiger partial charge in [0.2, 0.25) is 5.89 Å². The third-order valence-electron chi connectivity index (χ3n) is 3.52. The van der Waals surface area contributed by atoms with E-state index in [9.17, 15) is 9.59 Å². The highest BCUT2D eigenvalue weighted by atomic mass is 16.5. The number of anilines is 1. The highest BCUT2D eigenvalue weighted by Gasteiger charge is 2.13. The molecule has 0 unspecified atom stereocenters. The second-order valence-corrected chi connectivity index (χ2v) is 5.47. The van der Waals surface area contributed by atoms with E-state index in [1.165, 1.54) is 0 Å². The number of amides is 1. The molecule has 132 valence electrons. The smallest absolute Gasteiger partial charge is 0.322 e. The predicted octanol–water partition coefficient (Wildman–Crippen LogP) is 2.85. The number of nitrogens with one attached hydrogen (secondary N) is 1. The molecule has 3 rings (SSSR count). The molecule has 0 spiro atoms. The SMILES string of the molecule is O=C(COC(=O)CCc1ccccc1)Nc1nnc(-c2ccccc2)o1. The zero-order valence-electron chi connectivity index (χ0n) is 13.9. The number of carbonyl (C=O) groups is 2. The number of rotatable bonds is 7. The minimum Gasteiger partial charge on any atom is -0.456 e. The maximum atomic E-state index is 11.8. The van der Waals surface area contributed by atoms with Crippen LogP contribution >= 0.6 is 0 Å². The van der Waals surface area contributed by atoms with Crippen LogP contribution in [0.3, 0.4) is 0 Å². The quantitative estimate of drug-likeness (QED) is 0.658. The van der Waals surface area contributed by atoms with Crippen molar-refractivity contribution in [2.75, 3.05) is 11.9 Å². The average molecular weight is 351 g/mol. The molecule has 0 saturated carbocycles. The summed E-state index contributed by atoms with van der Waals surface area (Å²) in [6.45, 7) is -0.406. The molecule has 26 heavy (non-hydrogen) atoms. The molecule has 1 aromatic heterocycles. The molecule has 0 radical (unpaired) electrons. The van der Waals surface area contributed by atoms with Gasteiger partial charge in [-0.3, -0.25) is 14.9 Å². The normalized spacial score (nSPS) is 10.3. The Bertz CT molecular complexity index is 863. The Hall–Kier alpha value is -3.48. The first kappa shape index (κ1) is 17.3. The fourth-order valence-electron chi connectivity index (χ4n) is 2.24. The van der Waals surface area contributed by atoms with Crippen LogP contribution in [0.4, 0.5) is 6.01 Å². The van der Waals surface area contributed by atoms with E-state index in [1.807, 2.05) is 60.7 Å². The number of benzene rings is 2. The van der Waals surface area contributed by atoms with E-state index < -0.39 is 18.5 Å². The molecule has 0 aliphatic rings. The molecular weight excluding hydrogens is 334 g/mol. The van der Waals surface area contributed by atoms with Crippen LogP contribution in [0.2, 0.25) is 0 Å². The first-order valence-corrected chi connectivity index (χ1v) is 8.09. The Morgan fingerprint density at radius 3 is 2.38 bits per heavy atom. The van der Waals surface area contributed by atoms with Gasteiger partial charge < -0.3 is 9.15 Å². The van der Waals surface area contributed by atoms with Crippen molar-refractivity contribution in [2.24, 2.45) is 0 Å². The van der Waals surface area contributed by atoms with Crippen molar-refractivity contribution in [2.45, 2.75) is 12.8 Å². The summed E-state index contributed by atoms with van der Waals surface area (Å²) in [5.74, 6) is -0.693. The van der Waals surface area contributed by atoms with Crippen molar-refractivity contribution in [1.82, 2.24) is 10.2 Å². The summed E-state index contributed by atoms with van der Waals surface area (Å²) in [7, 11) is 0. The number of ether oxygens (including phenoxy) is 1. The van der Waals surface area contributed by atoms with Crippen molar-refractivity contribution in [3.63, 3.8) is 0 Å². The molecule has 0 bridgehead atoms. The van der Waals surface area contributed by atoms with Crippen LogP contribution < -0.4 is 5.32 Å². The largest absolute Gasteiger partial charge is 0.456 e. The van der Waals surface area contributed by atoms with E-state index in [0.29, 0.717) is 12.3 Å². The maximum Gasteiger partial charge on any atom is 0.322 e. The summed E-state index contributed by atoms with van der Waals surface area (Å²) in [5, 5.41) is 10.0. The monoisotopic (exact) mass is 351 g/mol. The van der Waals surface area contributed by atoms with Crippen molar-refractivity contribution in [3.05, 3.63) is 66.2 Å². The lowest BCUT2D eigenvalue weighted by atomic mass is 10.1. The van der Waals surface area contributed by atoms with Crippen LogP contribution in [0.5, 0.6) is 0 Å². The van der Waals surface area contributed by atoms with Crippen molar-refractivity contribution >= 4 is 17.9 Å². The summed E-state index contributed by atoms with van der Waals surface area (Å²) in [6.07, 6.45) is 0.765. The zero-order chi connectivity index (χ0) is 18.2. The van der Waals surface area contributed by atoms with E-state index in [-0.39, 0.29) is 12.4 Å². The molecule has 0 aliphatic carbocycles. The van der Waals surface area contributed by atoms with Gasteiger partial charge in [0.05, 0.1) is 0 Å². The summed E-state index contributed by atoms with van der Waals surface area (Å²) >= 11 is 0. The van der Waals surface area contributed by atoms with Crippen LogP contribution in [0, 0.1) is 0 Å². The summed E-state index contributed by atoms with van der Waals surface area (Å²) in [4.78, 5) is 23.5. The Morgan fingerprint density at radius 1 is 0.962 bits per heavy atom. The van der Waals surface area contributed by atoms with Gasteiger partial charge in [-0.25, -0.2) is 0 Å². The molecule has 1 N–H and O–H groups in total. The number of esters is 1. The van der Waals surface area contributed by atoms with Gasteiger partial charge in [0.1, 0.15) is 0 Å². The molecule has 0 aliphatic heterocycles. The Balaban J connectivity index is 1.43. The molecule has 2 aromatic carbocycles. The molecule has 7 nitrogen and oxygen atoms in total. The first-order valence-electron chi connectivity index (χ1n) is 8.09. The highest BCUT2D eigenvalue weighted by molar-refractivity contribution is 5.91. The van der Waals surface area contributed by atoms with Gasteiger partial charge >= 0.3 is 12.0 Å². The topological polar surface area (TPSA) is 94.3 Å². The van der Waals surface area contributed by atoms with Crippen LogP contribution in [-0.4, -0.2) is 28.7 Å². The van der Waals surface area contributed by atoms with Gasteiger partial charge in [-0.1, -0.05) is 53.6 Å². The van der Waals surface area contributed by atoms with E-state index >= 15 is 0 Å². The van der Waals surface area contributed by atoms with E-state index in [0.717, 1.165) is 11.1 Å². The van der Waals surface area contributed by atoms with Crippen molar-refractivity contribution in [1.29, 1.82) is 0 Å². The van der Waals surface area contributed by atoms with E-state index in [4.69, 9.17) is 9.15 Å². The van der Waals surface area contributed by atoms with Crippen LogP contribution in [-0.2, 0) is 20.7 Å². The van der Waals surface area contributed by atoms with Gasteiger partial charge in [0.25, 0.3) is 5.91 Å². The minimum absolute atomic E-state index is 0.0470. The summed E-state index contributed by atoms with van der Waals surface area (Å²) in [6, 6.07) is 18.7. The first-order chi connectivity index (χ1) is 12.7. The third kappa shape index (κ3) is 5.01. The van der Waals surface area contributed by atoms with Crippen LogP contribution in [0.25, 0.3) is 11.5 Å². The van der Waals surface area contributed by atoms with Gasteiger partial charge in [-0.05, 0) is 24.1 Å². The predicted molar refractivity (Wildman–Crippen MR) is 94.1 cm³/mol. The fourth-order valence-corrected chi connectivity index (χ4v) is 2.24.